The maximum Gasteiger partial charge on any atom is 0.255 e. The summed E-state index contributed by atoms with van der Waals surface area (Å²) in [6, 6.07) is 9.76. The Balaban J connectivity index is 0.00000126. The van der Waals surface area contributed by atoms with Gasteiger partial charge >= 0.3 is 0 Å². The molecule has 1 heterocycles. The first-order chi connectivity index (χ1) is 12.9. The molecule has 3 aromatic rings. The molecule has 3 rings (SSSR count). The molecule has 0 bridgehead atoms. The smallest absolute Gasteiger partial charge is 0.255 e. The number of pyridine rings is 1. The van der Waals surface area contributed by atoms with Crippen LogP contribution in [-0.2, 0) is 0 Å². The second-order valence-corrected chi connectivity index (χ2v) is 5.96. The van der Waals surface area contributed by atoms with Crippen molar-refractivity contribution in [3.8, 4) is 5.69 Å². The molecular weight excluding hydrogens is 395 g/mol. The zero-order chi connectivity index (χ0) is 20.1. The second kappa shape index (κ2) is 8.93. The molecule has 0 aliphatic rings. The van der Waals surface area contributed by atoms with Gasteiger partial charge in [-0.05, 0) is 30.3 Å². The summed E-state index contributed by atoms with van der Waals surface area (Å²) in [5, 5.41) is 0.430. The van der Waals surface area contributed by atoms with Gasteiger partial charge in [-0.15, -0.1) is 0 Å². The molecule has 0 amide bonds. The molecule has 3 nitrogen and oxygen atoms in total. The van der Waals surface area contributed by atoms with E-state index in [9.17, 15) is 18.4 Å². The van der Waals surface area contributed by atoms with E-state index in [4.69, 9.17) is 23.2 Å². The van der Waals surface area contributed by atoms with E-state index in [-0.39, 0.29) is 26.9 Å². The highest BCUT2D eigenvalue weighted by atomic mass is 35.5. The highest BCUT2D eigenvalue weighted by molar-refractivity contribution is 6.37. The van der Waals surface area contributed by atoms with Crippen LogP contribution in [0.1, 0.15) is 29.8 Å². The van der Waals surface area contributed by atoms with E-state index >= 15 is 0 Å². The third-order valence-electron chi connectivity index (χ3n) is 3.53. The Kier molecular flexibility index (Phi) is 6.88. The van der Waals surface area contributed by atoms with Crippen molar-refractivity contribution in [3.05, 3.63) is 97.9 Å². The topological polar surface area (TPSA) is 39.1 Å². The van der Waals surface area contributed by atoms with Gasteiger partial charge < -0.3 is 0 Å². The minimum absolute atomic E-state index is 0.0288. The molecule has 0 saturated carbocycles. The van der Waals surface area contributed by atoms with Crippen LogP contribution in [0.5, 0.6) is 0 Å². The largest absolute Gasteiger partial charge is 0.288 e. The number of benzene rings is 2. The molecule has 0 atom stereocenters. The van der Waals surface area contributed by atoms with Gasteiger partial charge in [0.25, 0.3) is 5.56 Å². The zero-order valence-corrected chi connectivity index (χ0v) is 16.0. The predicted octanol–water partition coefficient (Wildman–Crippen LogP) is 5.68. The van der Waals surface area contributed by atoms with E-state index in [1.165, 1.54) is 12.3 Å². The minimum Gasteiger partial charge on any atom is -0.288 e. The van der Waals surface area contributed by atoms with Crippen molar-refractivity contribution in [3.63, 3.8) is 0 Å². The van der Waals surface area contributed by atoms with Crippen LogP contribution in [0, 0.1) is 11.6 Å². The van der Waals surface area contributed by atoms with Crippen molar-refractivity contribution in [1.82, 2.24) is 4.57 Å². The van der Waals surface area contributed by atoms with E-state index in [1.54, 1.807) is 18.2 Å². The number of hydrogen-bond acceptors (Lipinski definition) is 2. The van der Waals surface area contributed by atoms with Crippen LogP contribution in [0.15, 0.2) is 59.5 Å². The Hall–Kier alpha value is -2.50. The van der Waals surface area contributed by atoms with Gasteiger partial charge in [0.05, 0.1) is 21.3 Å². The van der Waals surface area contributed by atoms with Crippen LogP contribution in [0.2, 0.25) is 10.0 Å². The number of rotatable bonds is 3. The Bertz CT molecular complexity index is 1030. The van der Waals surface area contributed by atoms with E-state index in [0.717, 1.165) is 22.8 Å². The van der Waals surface area contributed by atoms with E-state index in [0.29, 0.717) is 6.07 Å². The van der Waals surface area contributed by atoms with E-state index in [2.05, 4.69) is 0 Å². The number of carbonyl (C=O) groups is 1. The van der Waals surface area contributed by atoms with Crippen molar-refractivity contribution < 1.29 is 13.6 Å². The van der Waals surface area contributed by atoms with Gasteiger partial charge in [-0.2, -0.15) is 0 Å². The van der Waals surface area contributed by atoms with Gasteiger partial charge in [-0.25, -0.2) is 8.78 Å². The SMILES string of the molecule is CC.O=C(c1ccc(=O)n(-c2c(Cl)cccc2Cl)c1)c1ccc(F)cc1F. The van der Waals surface area contributed by atoms with Gasteiger partial charge in [0.15, 0.2) is 5.78 Å². The summed E-state index contributed by atoms with van der Waals surface area (Å²) in [6.07, 6.45) is 1.22. The third-order valence-corrected chi connectivity index (χ3v) is 4.14. The monoisotopic (exact) mass is 409 g/mol. The molecule has 27 heavy (non-hydrogen) atoms. The lowest BCUT2D eigenvalue weighted by Gasteiger charge is -2.11. The molecule has 0 radical (unpaired) electrons. The zero-order valence-electron chi connectivity index (χ0n) is 14.5. The van der Waals surface area contributed by atoms with Gasteiger partial charge in [-0.1, -0.05) is 43.1 Å². The summed E-state index contributed by atoms with van der Waals surface area (Å²) in [4.78, 5) is 24.7. The Labute approximate surface area is 164 Å². The first-order valence-corrected chi connectivity index (χ1v) is 8.81. The number of carbonyl (C=O) groups excluding carboxylic acids is 1. The Morgan fingerprint density at radius 3 is 2.19 bits per heavy atom. The van der Waals surface area contributed by atoms with Crippen LogP contribution in [0.4, 0.5) is 8.78 Å². The van der Waals surface area contributed by atoms with Crippen LogP contribution in [0.3, 0.4) is 0 Å². The van der Waals surface area contributed by atoms with Crippen LogP contribution in [0.25, 0.3) is 5.69 Å². The lowest BCUT2D eigenvalue weighted by Crippen LogP contribution is -2.19. The fraction of sp³-hybridized carbons (Fsp3) is 0.100. The van der Waals surface area contributed by atoms with Crippen molar-refractivity contribution in [2.75, 3.05) is 0 Å². The number of halogens is 4. The maximum atomic E-state index is 13.8. The number of aromatic nitrogens is 1. The highest BCUT2D eigenvalue weighted by Gasteiger charge is 2.17. The van der Waals surface area contributed by atoms with E-state index in [1.807, 2.05) is 13.8 Å². The molecule has 140 valence electrons. The molecule has 0 aliphatic carbocycles. The highest BCUT2D eigenvalue weighted by Crippen LogP contribution is 2.27. The van der Waals surface area contributed by atoms with Gasteiger partial charge in [0.1, 0.15) is 11.6 Å². The van der Waals surface area contributed by atoms with E-state index < -0.39 is 23.0 Å². The average Bonchev–Trinajstić information content (AvgIpc) is 2.64. The van der Waals surface area contributed by atoms with Crippen LogP contribution >= 0.6 is 23.2 Å². The molecule has 7 heteroatoms. The number of para-hydroxylation sites is 1. The molecule has 1 aromatic heterocycles. The quantitative estimate of drug-likeness (QED) is 0.522. The summed E-state index contributed by atoms with van der Waals surface area (Å²) < 4.78 is 28.0. The van der Waals surface area contributed by atoms with Crippen molar-refractivity contribution in [2.45, 2.75) is 13.8 Å². The van der Waals surface area contributed by atoms with Crippen molar-refractivity contribution in [1.29, 1.82) is 0 Å². The summed E-state index contributed by atoms with van der Waals surface area (Å²) in [7, 11) is 0. The molecule has 2 aromatic carbocycles. The molecule has 0 saturated heterocycles. The standard InChI is InChI=1S/C18H9Cl2F2NO2.C2H6/c19-13-2-1-3-14(20)17(13)23-9-10(4-7-16(23)24)18(25)12-6-5-11(21)8-15(12)22;1-2/h1-9H;1-2H3. The lowest BCUT2D eigenvalue weighted by atomic mass is 10.0. The summed E-state index contributed by atoms with van der Waals surface area (Å²) >= 11 is 12.2. The van der Waals surface area contributed by atoms with Crippen molar-refractivity contribution >= 4 is 29.0 Å². The first-order valence-electron chi connectivity index (χ1n) is 8.05. The summed E-state index contributed by atoms with van der Waals surface area (Å²) in [5.74, 6) is -2.48. The average molecular weight is 410 g/mol. The van der Waals surface area contributed by atoms with Gasteiger partial charge in [0, 0.05) is 23.9 Å². The number of hydrogen-bond donors (Lipinski definition) is 0. The van der Waals surface area contributed by atoms with Gasteiger partial charge in [0.2, 0.25) is 0 Å². The molecule has 0 spiro atoms. The predicted molar refractivity (Wildman–Crippen MR) is 103 cm³/mol. The fourth-order valence-corrected chi connectivity index (χ4v) is 2.92. The summed E-state index contributed by atoms with van der Waals surface area (Å²) in [6.45, 7) is 4.00. The Morgan fingerprint density at radius 1 is 0.963 bits per heavy atom. The van der Waals surface area contributed by atoms with Gasteiger partial charge in [-0.3, -0.25) is 14.2 Å². The summed E-state index contributed by atoms with van der Waals surface area (Å²) in [5.41, 5.74) is -0.533. The molecule has 0 fully saturated rings. The molecule has 0 unspecified atom stereocenters. The second-order valence-electron chi connectivity index (χ2n) is 5.15. The number of ketones is 1. The first kappa shape index (κ1) is 20.8. The fourth-order valence-electron chi connectivity index (χ4n) is 2.34. The lowest BCUT2D eigenvalue weighted by molar-refractivity contribution is 0.103. The van der Waals surface area contributed by atoms with Crippen LogP contribution in [-0.4, -0.2) is 10.4 Å². The van der Waals surface area contributed by atoms with Crippen LogP contribution < -0.4 is 5.56 Å². The normalized spacial score (nSPS) is 10.1. The number of nitrogens with zero attached hydrogens (tertiary/aromatic N) is 1. The Morgan fingerprint density at radius 2 is 1.59 bits per heavy atom. The third kappa shape index (κ3) is 4.43. The van der Waals surface area contributed by atoms with Crippen molar-refractivity contribution in [2.24, 2.45) is 0 Å². The minimum atomic E-state index is -0.987. The molecular formula is C20H15Cl2F2NO2. The molecule has 0 N–H and O–H groups in total. The molecule has 0 aliphatic heterocycles. The maximum absolute atomic E-state index is 13.8.